The molecule has 2 aliphatic carbocycles. The quantitative estimate of drug-likeness (QED) is 0.599. The van der Waals surface area contributed by atoms with E-state index in [0.717, 1.165) is 18.8 Å². The summed E-state index contributed by atoms with van der Waals surface area (Å²) in [5.74, 6) is 1.94. The lowest BCUT2D eigenvalue weighted by molar-refractivity contribution is -0.122. The second kappa shape index (κ2) is 5.89. The van der Waals surface area contributed by atoms with Gasteiger partial charge < -0.3 is 0 Å². The zero-order valence-electron chi connectivity index (χ0n) is 14.8. The lowest BCUT2D eigenvalue weighted by Gasteiger charge is -2.58. The molecule has 2 rings (SSSR count). The topological polar surface area (TPSA) is 17.1 Å². The maximum absolute atomic E-state index is 12.1. The highest BCUT2D eigenvalue weighted by molar-refractivity contribution is 5.80. The van der Waals surface area contributed by atoms with Gasteiger partial charge in [0, 0.05) is 12.3 Å². The Labute approximate surface area is 131 Å². The summed E-state index contributed by atoms with van der Waals surface area (Å²) in [5, 5.41) is 0. The second-order valence-corrected chi connectivity index (χ2v) is 8.81. The van der Waals surface area contributed by atoms with Crippen LogP contribution in [0.25, 0.3) is 0 Å². The van der Waals surface area contributed by atoms with Crippen LogP contribution in [0.4, 0.5) is 0 Å². The van der Waals surface area contributed by atoms with E-state index in [-0.39, 0.29) is 5.92 Å². The van der Waals surface area contributed by atoms with Crippen LogP contribution in [0, 0.1) is 28.6 Å². The van der Waals surface area contributed by atoms with Gasteiger partial charge in [0.05, 0.1) is 0 Å². The summed E-state index contributed by atoms with van der Waals surface area (Å²) >= 11 is 0. The van der Waals surface area contributed by atoms with Crippen LogP contribution in [0.3, 0.4) is 0 Å². The minimum atomic E-state index is 0.174. The van der Waals surface area contributed by atoms with Crippen molar-refractivity contribution in [1.82, 2.24) is 0 Å². The summed E-state index contributed by atoms with van der Waals surface area (Å²) in [6, 6.07) is 0. The van der Waals surface area contributed by atoms with Crippen molar-refractivity contribution in [3.8, 4) is 0 Å². The molecule has 0 aromatic rings. The van der Waals surface area contributed by atoms with Gasteiger partial charge in [-0.25, -0.2) is 0 Å². The van der Waals surface area contributed by atoms with Gasteiger partial charge in [0.25, 0.3) is 0 Å². The minimum absolute atomic E-state index is 0.174. The molecule has 2 aliphatic rings. The lowest BCUT2D eigenvalue weighted by atomic mass is 9.47. The van der Waals surface area contributed by atoms with Gasteiger partial charge in [-0.15, -0.1) is 0 Å². The molecule has 0 aliphatic heterocycles. The molecule has 0 bridgehead atoms. The van der Waals surface area contributed by atoms with E-state index in [4.69, 9.17) is 0 Å². The Kier molecular flexibility index (Phi) is 4.71. The van der Waals surface area contributed by atoms with Crippen LogP contribution < -0.4 is 0 Å². The summed E-state index contributed by atoms with van der Waals surface area (Å²) < 4.78 is 0. The first-order chi connectivity index (χ1) is 9.68. The third-order valence-electron chi connectivity index (χ3n) is 6.64. The number of Topliss-reactive ketones (excluding diaryl/α,β-unsaturated/α-hetero) is 1. The fourth-order valence-electron chi connectivity index (χ4n) is 5.38. The van der Waals surface area contributed by atoms with Crippen LogP contribution in [0.15, 0.2) is 12.2 Å². The molecule has 3 atom stereocenters. The molecule has 1 heteroatoms. The molecule has 0 amide bonds. The van der Waals surface area contributed by atoms with E-state index >= 15 is 0 Å². The number of hydrogen-bond acceptors (Lipinski definition) is 1. The summed E-state index contributed by atoms with van der Waals surface area (Å²) in [6.45, 7) is 15.8. The summed E-state index contributed by atoms with van der Waals surface area (Å²) in [5.41, 5.74) is 2.24. The van der Waals surface area contributed by atoms with Gasteiger partial charge >= 0.3 is 0 Å². The van der Waals surface area contributed by atoms with E-state index < -0.39 is 0 Å². The van der Waals surface area contributed by atoms with E-state index in [0.29, 0.717) is 22.5 Å². The molecule has 0 aromatic heterocycles. The Hall–Kier alpha value is -0.590. The highest BCUT2D eigenvalue weighted by Crippen LogP contribution is 2.61. The predicted octanol–water partition coefficient (Wildman–Crippen LogP) is 5.79. The average molecular weight is 290 g/mol. The van der Waals surface area contributed by atoms with Crippen LogP contribution in [-0.4, -0.2) is 5.78 Å². The average Bonchev–Trinajstić information content (AvgIpc) is 2.36. The molecule has 0 heterocycles. The number of carbonyl (C=O) groups is 1. The standard InChI is InChI=1S/C20H34O/c1-14(2)17(21)10-9-16-15(3)8-11-18-19(4,5)12-7-13-20(16,18)6/h14,16,18H,3,7-13H2,1-2,4-6H3/t16-,18-,20+/m0/s1. The number of carbonyl (C=O) groups excluding carboxylic acids is 1. The van der Waals surface area contributed by atoms with Crippen molar-refractivity contribution in [1.29, 1.82) is 0 Å². The molecule has 120 valence electrons. The maximum Gasteiger partial charge on any atom is 0.135 e. The molecule has 0 unspecified atom stereocenters. The number of hydrogen-bond donors (Lipinski definition) is 0. The summed E-state index contributed by atoms with van der Waals surface area (Å²) in [4.78, 5) is 12.1. The molecule has 0 spiro atoms. The van der Waals surface area contributed by atoms with E-state index in [1.54, 1.807) is 0 Å². The van der Waals surface area contributed by atoms with Gasteiger partial charge in [-0.1, -0.05) is 53.2 Å². The molecule has 0 aromatic carbocycles. The number of rotatable bonds is 4. The first-order valence-corrected chi connectivity index (χ1v) is 8.89. The van der Waals surface area contributed by atoms with Crippen LogP contribution in [0.2, 0.25) is 0 Å². The van der Waals surface area contributed by atoms with Gasteiger partial charge in [-0.05, 0) is 54.8 Å². The smallest absolute Gasteiger partial charge is 0.135 e. The summed E-state index contributed by atoms with van der Waals surface area (Å²) in [7, 11) is 0. The molecule has 21 heavy (non-hydrogen) atoms. The molecule has 0 saturated heterocycles. The van der Waals surface area contributed by atoms with Gasteiger partial charge in [-0.3, -0.25) is 4.79 Å². The highest BCUT2D eigenvalue weighted by atomic mass is 16.1. The van der Waals surface area contributed by atoms with Crippen LogP contribution >= 0.6 is 0 Å². The second-order valence-electron chi connectivity index (χ2n) is 8.81. The Morgan fingerprint density at radius 3 is 2.57 bits per heavy atom. The van der Waals surface area contributed by atoms with E-state index in [2.05, 4.69) is 27.4 Å². The first-order valence-electron chi connectivity index (χ1n) is 8.89. The van der Waals surface area contributed by atoms with Gasteiger partial charge in [-0.2, -0.15) is 0 Å². The van der Waals surface area contributed by atoms with Crippen LogP contribution in [0.1, 0.15) is 79.6 Å². The molecular weight excluding hydrogens is 256 g/mol. The van der Waals surface area contributed by atoms with Gasteiger partial charge in [0.2, 0.25) is 0 Å². The fourth-order valence-corrected chi connectivity index (χ4v) is 5.38. The van der Waals surface area contributed by atoms with Gasteiger partial charge in [0.15, 0.2) is 0 Å². The van der Waals surface area contributed by atoms with Crippen molar-refractivity contribution < 1.29 is 4.79 Å². The van der Waals surface area contributed by atoms with Crippen LogP contribution in [0.5, 0.6) is 0 Å². The Morgan fingerprint density at radius 2 is 1.95 bits per heavy atom. The van der Waals surface area contributed by atoms with Gasteiger partial charge in [0.1, 0.15) is 5.78 Å². The third kappa shape index (κ3) is 3.12. The third-order valence-corrected chi connectivity index (χ3v) is 6.64. The molecule has 0 radical (unpaired) electrons. The molecule has 0 N–H and O–H groups in total. The van der Waals surface area contributed by atoms with Crippen molar-refractivity contribution in [3.05, 3.63) is 12.2 Å². The van der Waals surface area contributed by atoms with Crippen molar-refractivity contribution in [2.75, 3.05) is 0 Å². The van der Waals surface area contributed by atoms with E-state index in [9.17, 15) is 4.79 Å². The highest BCUT2D eigenvalue weighted by Gasteiger charge is 2.52. The number of allylic oxidation sites excluding steroid dienone is 1. The normalized spacial score (nSPS) is 35.6. The van der Waals surface area contributed by atoms with E-state index in [1.165, 1.54) is 37.7 Å². The van der Waals surface area contributed by atoms with Crippen molar-refractivity contribution in [2.24, 2.45) is 28.6 Å². The molecular formula is C20H34O. The van der Waals surface area contributed by atoms with Crippen LogP contribution in [-0.2, 0) is 4.79 Å². The summed E-state index contributed by atoms with van der Waals surface area (Å²) in [6.07, 6.45) is 8.25. The monoisotopic (exact) mass is 290 g/mol. The van der Waals surface area contributed by atoms with E-state index in [1.807, 2.05) is 13.8 Å². The Bertz CT molecular complexity index is 418. The Morgan fingerprint density at radius 1 is 1.29 bits per heavy atom. The SMILES string of the molecule is C=C1CC[C@H]2C(C)(C)CCC[C@]2(C)[C@H]1CCC(=O)C(C)C. The predicted molar refractivity (Wildman–Crippen MR) is 90.2 cm³/mol. The Balaban J connectivity index is 2.17. The largest absolute Gasteiger partial charge is 0.299 e. The molecule has 2 fully saturated rings. The fraction of sp³-hybridized carbons (Fsp3) is 0.850. The first kappa shape index (κ1) is 16.8. The van der Waals surface area contributed by atoms with Crippen molar-refractivity contribution >= 4 is 5.78 Å². The van der Waals surface area contributed by atoms with Crippen molar-refractivity contribution in [3.63, 3.8) is 0 Å². The molecule has 1 nitrogen and oxygen atoms in total. The lowest BCUT2D eigenvalue weighted by Crippen LogP contribution is -2.49. The maximum atomic E-state index is 12.1. The number of fused-ring (bicyclic) bond motifs is 1. The zero-order valence-corrected chi connectivity index (χ0v) is 14.8. The van der Waals surface area contributed by atoms with Crippen molar-refractivity contribution in [2.45, 2.75) is 79.6 Å². The zero-order chi connectivity index (χ0) is 15.8. The minimum Gasteiger partial charge on any atom is -0.299 e. The number of ketones is 1. The molecule has 2 saturated carbocycles.